The van der Waals surface area contributed by atoms with Gasteiger partial charge in [0.05, 0.1) is 18.4 Å². The van der Waals surface area contributed by atoms with Crippen molar-refractivity contribution in [2.45, 2.75) is 6.42 Å². The van der Waals surface area contributed by atoms with Crippen molar-refractivity contribution < 1.29 is 19.1 Å². The van der Waals surface area contributed by atoms with Gasteiger partial charge >= 0.3 is 0 Å². The highest BCUT2D eigenvalue weighted by Gasteiger charge is 2.22. The first-order valence-corrected chi connectivity index (χ1v) is 7.64. The molecule has 1 aliphatic heterocycles. The highest BCUT2D eigenvalue weighted by atomic mass is 16.5. The zero-order valence-corrected chi connectivity index (χ0v) is 13.3. The summed E-state index contributed by atoms with van der Waals surface area (Å²) in [5.74, 6) is 0.783. The van der Waals surface area contributed by atoms with Crippen LogP contribution in [0.4, 0.5) is 5.69 Å². The third-order valence-electron chi connectivity index (χ3n) is 3.73. The molecule has 0 bridgehead atoms. The van der Waals surface area contributed by atoms with Gasteiger partial charge < -0.3 is 20.1 Å². The Bertz CT molecular complexity index is 773. The number of para-hydroxylation sites is 1. The lowest BCUT2D eigenvalue weighted by Gasteiger charge is -2.20. The molecule has 2 aromatic rings. The van der Waals surface area contributed by atoms with E-state index in [0.717, 1.165) is 11.3 Å². The summed E-state index contributed by atoms with van der Waals surface area (Å²) in [7, 11) is 1.62. The molecule has 1 aliphatic rings. The van der Waals surface area contributed by atoms with Crippen LogP contribution in [0.2, 0.25) is 0 Å². The first-order chi connectivity index (χ1) is 11.7. The van der Waals surface area contributed by atoms with Crippen LogP contribution in [0.1, 0.15) is 15.9 Å². The average Bonchev–Trinajstić information content (AvgIpc) is 2.61. The van der Waals surface area contributed by atoms with E-state index in [0.29, 0.717) is 30.0 Å². The smallest absolute Gasteiger partial charge is 0.262 e. The Morgan fingerprint density at radius 2 is 2.12 bits per heavy atom. The predicted octanol–water partition coefficient (Wildman–Crippen LogP) is 2.00. The SMILES string of the molecule is COc1cccc(CCNC(=O)c2cccc3c2NC(=O)CO3)c1. The summed E-state index contributed by atoms with van der Waals surface area (Å²) in [6.45, 7) is 0.443. The molecule has 124 valence electrons. The number of benzene rings is 2. The molecule has 0 saturated carbocycles. The van der Waals surface area contributed by atoms with Gasteiger partial charge in [0.2, 0.25) is 0 Å². The number of carbonyl (C=O) groups excluding carboxylic acids is 2. The molecule has 0 unspecified atom stereocenters. The number of ether oxygens (including phenoxy) is 2. The minimum absolute atomic E-state index is 0.0338. The first kappa shape index (κ1) is 15.9. The van der Waals surface area contributed by atoms with Crippen LogP contribution in [-0.2, 0) is 11.2 Å². The summed E-state index contributed by atoms with van der Waals surface area (Å²) in [5, 5.41) is 5.55. The fraction of sp³-hybridized carbons (Fsp3) is 0.222. The Kier molecular flexibility index (Phi) is 4.65. The van der Waals surface area contributed by atoms with Gasteiger partial charge in [-0.1, -0.05) is 18.2 Å². The molecule has 6 nitrogen and oxygen atoms in total. The quantitative estimate of drug-likeness (QED) is 0.881. The maximum Gasteiger partial charge on any atom is 0.262 e. The molecule has 24 heavy (non-hydrogen) atoms. The Hall–Kier alpha value is -3.02. The van der Waals surface area contributed by atoms with Gasteiger partial charge in [-0.15, -0.1) is 0 Å². The Balaban J connectivity index is 1.64. The normalized spacial score (nSPS) is 12.6. The Morgan fingerprint density at radius 1 is 1.29 bits per heavy atom. The van der Waals surface area contributed by atoms with E-state index in [9.17, 15) is 9.59 Å². The van der Waals surface area contributed by atoms with Crippen molar-refractivity contribution >= 4 is 17.5 Å². The van der Waals surface area contributed by atoms with Crippen LogP contribution in [0, 0.1) is 0 Å². The highest BCUT2D eigenvalue weighted by molar-refractivity contribution is 6.06. The number of hydrogen-bond donors (Lipinski definition) is 2. The summed E-state index contributed by atoms with van der Waals surface area (Å²) in [5.41, 5.74) is 1.89. The van der Waals surface area contributed by atoms with Crippen LogP contribution in [0.3, 0.4) is 0 Å². The van der Waals surface area contributed by atoms with Crippen molar-refractivity contribution in [2.75, 3.05) is 25.6 Å². The highest BCUT2D eigenvalue weighted by Crippen LogP contribution is 2.30. The molecule has 1 heterocycles. The molecule has 0 fully saturated rings. The lowest BCUT2D eigenvalue weighted by atomic mass is 10.1. The van der Waals surface area contributed by atoms with Crippen LogP contribution < -0.4 is 20.1 Å². The van der Waals surface area contributed by atoms with Crippen LogP contribution in [-0.4, -0.2) is 32.1 Å². The van der Waals surface area contributed by atoms with E-state index in [1.165, 1.54) is 0 Å². The molecular weight excluding hydrogens is 308 g/mol. The van der Waals surface area contributed by atoms with E-state index < -0.39 is 0 Å². The number of hydrogen-bond acceptors (Lipinski definition) is 4. The standard InChI is InChI=1S/C18H18N2O4/c1-23-13-5-2-4-12(10-13)8-9-19-18(22)14-6-3-7-15-17(14)20-16(21)11-24-15/h2-7,10H,8-9,11H2,1H3,(H,19,22)(H,20,21). The van der Waals surface area contributed by atoms with Crippen molar-refractivity contribution in [3.63, 3.8) is 0 Å². The summed E-state index contributed by atoms with van der Waals surface area (Å²) < 4.78 is 10.5. The molecular formula is C18H18N2O4. The van der Waals surface area contributed by atoms with E-state index in [1.54, 1.807) is 25.3 Å². The number of methoxy groups -OCH3 is 1. The van der Waals surface area contributed by atoms with Gasteiger partial charge in [-0.05, 0) is 36.2 Å². The molecule has 0 radical (unpaired) electrons. The topological polar surface area (TPSA) is 76.7 Å². The number of amides is 2. The van der Waals surface area contributed by atoms with Crippen LogP contribution in [0.25, 0.3) is 0 Å². The minimum atomic E-state index is -0.265. The largest absolute Gasteiger partial charge is 0.497 e. The van der Waals surface area contributed by atoms with Gasteiger partial charge in [-0.2, -0.15) is 0 Å². The first-order valence-electron chi connectivity index (χ1n) is 7.64. The lowest BCUT2D eigenvalue weighted by molar-refractivity contribution is -0.118. The number of fused-ring (bicyclic) bond motifs is 1. The van der Waals surface area contributed by atoms with Gasteiger partial charge in [0.1, 0.15) is 11.5 Å². The van der Waals surface area contributed by atoms with Crippen molar-refractivity contribution in [3.05, 3.63) is 53.6 Å². The van der Waals surface area contributed by atoms with E-state index >= 15 is 0 Å². The van der Waals surface area contributed by atoms with E-state index in [2.05, 4.69) is 10.6 Å². The molecule has 2 N–H and O–H groups in total. The van der Waals surface area contributed by atoms with Gasteiger partial charge in [-0.3, -0.25) is 9.59 Å². The summed E-state index contributed by atoms with van der Waals surface area (Å²) in [6.07, 6.45) is 0.681. The number of nitrogens with one attached hydrogen (secondary N) is 2. The second kappa shape index (κ2) is 7.04. The minimum Gasteiger partial charge on any atom is -0.497 e. The monoisotopic (exact) mass is 326 g/mol. The fourth-order valence-electron chi connectivity index (χ4n) is 2.53. The zero-order chi connectivity index (χ0) is 16.9. The molecule has 0 spiro atoms. The lowest BCUT2D eigenvalue weighted by Crippen LogP contribution is -2.30. The molecule has 0 aromatic heterocycles. The van der Waals surface area contributed by atoms with Crippen LogP contribution in [0.15, 0.2) is 42.5 Å². The Labute approximate surface area is 139 Å². The molecule has 6 heteroatoms. The summed E-state index contributed by atoms with van der Waals surface area (Å²) in [4.78, 5) is 23.9. The molecule has 0 atom stereocenters. The third kappa shape index (κ3) is 3.48. The van der Waals surface area contributed by atoms with E-state index in [1.807, 2.05) is 24.3 Å². The van der Waals surface area contributed by atoms with Crippen molar-refractivity contribution in [1.82, 2.24) is 5.32 Å². The average molecular weight is 326 g/mol. The second-order valence-electron chi connectivity index (χ2n) is 5.37. The summed E-state index contributed by atoms with van der Waals surface area (Å²) in [6, 6.07) is 12.8. The van der Waals surface area contributed by atoms with Crippen molar-refractivity contribution in [3.8, 4) is 11.5 Å². The van der Waals surface area contributed by atoms with E-state index in [4.69, 9.17) is 9.47 Å². The number of anilines is 1. The zero-order valence-electron chi connectivity index (χ0n) is 13.3. The van der Waals surface area contributed by atoms with Crippen LogP contribution >= 0.6 is 0 Å². The fourth-order valence-corrected chi connectivity index (χ4v) is 2.53. The van der Waals surface area contributed by atoms with Gasteiger partial charge in [0, 0.05) is 6.54 Å². The summed E-state index contributed by atoms with van der Waals surface area (Å²) >= 11 is 0. The van der Waals surface area contributed by atoms with Crippen LogP contribution in [0.5, 0.6) is 11.5 Å². The van der Waals surface area contributed by atoms with Crippen molar-refractivity contribution in [1.29, 1.82) is 0 Å². The molecule has 3 rings (SSSR count). The van der Waals surface area contributed by atoms with Gasteiger partial charge in [-0.25, -0.2) is 0 Å². The molecule has 0 saturated heterocycles. The second-order valence-corrected chi connectivity index (χ2v) is 5.37. The van der Waals surface area contributed by atoms with Crippen molar-refractivity contribution in [2.24, 2.45) is 0 Å². The predicted molar refractivity (Wildman–Crippen MR) is 89.6 cm³/mol. The van der Waals surface area contributed by atoms with Gasteiger partial charge in [0.25, 0.3) is 11.8 Å². The van der Waals surface area contributed by atoms with E-state index in [-0.39, 0.29) is 18.4 Å². The maximum absolute atomic E-state index is 12.4. The Morgan fingerprint density at radius 3 is 2.96 bits per heavy atom. The third-order valence-corrected chi connectivity index (χ3v) is 3.73. The molecule has 2 amide bonds. The van der Waals surface area contributed by atoms with Gasteiger partial charge in [0.15, 0.2) is 6.61 Å². The molecule has 2 aromatic carbocycles. The molecule has 0 aliphatic carbocycles. The maximum atomic E-state index is 12.4. The number of rotatable bonds is 5. The number of carbonyl (C=O) groups is 2.